The normalized spacial score (nSPS) is 12.7. The van der Waals surface area contributed by atoms with E-state index in [1.807, 2.05) is 0 Å². The van der Waals surface area contributed by atoms with Gasteiger partial charge in [-0.05, 0) is 44.7 Å². The van der Waals surface area contributed by atoms with Crippen LogP contribution in [0.5, 0.6) is 0 Å². The quantitative estimate of drug-likeness (QED) is 0.592. The second-order valence-electron chi connectivity index (χ2n) is 7.57. The molecule has 0 amide bonds. The Kier molecular flexibility index (Phi) is 3.95. The zero-order chi connectivity index (χ0) is 15.1. The zero-order valence-electron chi connectivity index (χ0n) is 14.0. The fourth-order valence-electron chi connectivity index (χ4n) is 3.01. The molecule has 0 heterocycles. The maximum atomic E-state index is 2.44. The number of fused-ring (bicyclic) bond motifs is 1. The highest BCUT2D eigenvalue weighted by atomic mass is 14.2. The van der Waals surface area contributed by atoms with E-state index in [9.17, 15) is 0 Å². The van der Waals surface area contributed by atoms with Gasteiger partial charge >= 0.3 is 0 Å². The van der Waals surface area contributed by atoms with Crippen LogP contribution in [0.15, 0.2) is 30.3 Å². The molecule has 0 heteroatoms. The third kappa shape index (κ3) is 2.75. The van der Waals surface area contributed by atoms with E-state index in [2.05, 4.69) is 78.8 Å². The molecule has 0 fully saturated rings. The molecule has 0 aliphatic rings. The minimum absolute atomic E-state index is 0.188. The summed E-state index contributed by atoms with van der Waals surface area (Å²) < 4.78 is 0. The van der Waals surface area contributed by atoms with Gasteiger partial charge in [0.05, 0.1) is 0 Å². The summed E-state index contributed by atoms with van der Waals surface area (Å²) in [5.74, 6) is 1.15. The lowest BCUT2D eigenvalue weighted by Gasteiger charge is -2.24. The van der Waals surface area contributed by atoms with Crippen LogP contribution in [-0.2, 0) is 5.41 Å². The van der Waals surface area contributed by atoms with Crippen LogP contribution >= 0.6 is 0 Å². The molecule has 0 aliphatic heterocycles. The monoisotopic (exact) mass is 268 g/mol. The van der Waals surface area contributed by atoms with Crippen molar-refractivity contribution in [2.24, 2.45) is 0 Å². The van der Waals surface area contributed by atoms with Crippen LogP contribution in [0, 0.1) is 0 Å². The molecule has 0 nitrogen and oxygen atoms in total. The Hall–Kier alpha value is -1.30. The van der Waals surface area contributed by atoms with Gasteiger partial charge in [0.25, 0.3) is 0 Å². The minimum Gasteiger partial charge on any atom is -0.0613 e. The minimum atomic E-state index is 0.188. The van der Waals surface area contributed by atoms with E-state index in [-0.39, 0.29) is 5.41 Å². The number of hydrogen-bond donors (Lipinski definition) is 0. The highest BCUT2D eigenvalue weighted by Crippen LogP contribution is 2.35. The molecule has 0 N–H and O–H groups in total. The van der Waals surface area contributed by atoms with Crippen LogP contribution in [-0.4, -0.2) is 0 Å². The largest absolute Gasteiger partial charge is 0.0613 e. The Balaban J connectivity index is 2.81. The first-order chi connectivity index (χ1) is 9.21. The summed E-state index contributed by atoms with van der Waals surface area (Å²) in [7, 11) is 0. The van der Waals surface area contributed by atoms with Crippen molar-refractivity contribution in [3.05, 3.63) is 47.0 Å². The molecule has 2 aromatic carbocycles. The van der Waals surface area contributed by atoms with Crippen LogP contribution < -0.4 is 0 Å². The van der Waals surface area contributed by atoms with Crippen molar-refractivity contribution < 1.29 is 0 Å². The van der Waals surface area contributed by atoms with Crippen molar-refractivity contribution in [3.8, 4) is 0 Å². The first kappa shape index (κ1) is 15.1. The number of benzene rings is 2. The van der Waals surface area contributed by atoms with E-state index in [1.165, 1.54) is 27.5 Å². The maximum absolute atomic E-state index is 2.44. The Bertz CT molecular complexity index is 610. The fraction of sp³-hybridized carbons (Fsp3) is 0.500. The fourth-order valence-corrected chi connectivity index (χ4v) is 3.01. The van der Waals surface area contributed by atoms with Crippen LogP contribution in [0.4, 0.5) is 0 Å². The van der Waals surface area contributed by atoms with E-state index < -0.39 is 0 Å². The Morgan fingerprint density at radius 2 is 1.35 bits per heavy atom. The van der Waals surface area contributed by atoms with Gasteiger partial charge in [-0.3, -0.25) is 0 Å². The van der Waals surface area contributed by atoms with Gasteiger partial charge < -0.3 is 0 Å². The molecule has 2 rings (SSSR count). The molecule has 20 heavy (non-hydrogen) atoms. The summed E-state index contributed by atoms with van der Waals surface area (Å²) in [6.45, 7) is 16.1. The van der Waals surface area contributed by atoms with E-state index in [0.29, 0.717) is 11.8 Å². The Labute approximate surface area is 124 Å². The first-order valence-corrected chi connectivity index (χ1v) is 7.79. The van der Waals surface area contributed by atoms with Gasteiger partial charge in [0, 0.05) is 0 Å². The Morgan fingerprint density at radius 3 is 1.85 bits per heavy atom. The van der Waals surface area contributed by atoms with Crippen LogP contribution in [0.25, 0.3) is 10.8 Å². The van der Waals surface area contributed by atoms with Gasteiger partial charge in [-0.2, -0.15) is 0 Å². The third-order valence-corrected chi connectivity index (χ3v) is 4.14. The average molecular weight is 268 g/mol. The number of hydrogen-bond acceptors (Lipinski definition) is 0. The van der Waals surface area contributed by atoms with Crippen LogP contribution in [0.3, 0.4) is 0 Å². The van der Waals surface area contributed by atoms with Crippen molar-refractivity contribution in [3.63, 3.8) is 0 Å². The summed E-state index contributed by atoms with van der Waals surface area (Å²) in [5.41, 5.74) is 4.64. The van der Waals surface area contributed by atoms with E-state index in [1.54, 1.807) is 0 Å². The van der Waals surface area contributed by atoms with Gasteiger partial charge in [-0.1, -0.05) is 78.8 Å². The lowest BCUT2D eigenvalue weighted by atomic mass is 9.81. The predicted octanol–water partition coefficient (Wildman–Crippen LogP) is 6.38. The molecular weight excluding hydrogens is 240 g/mol. The highest BCUT2D eigenvalue weighted by molar-refractivity contribution is 5.88. The zero-order valence-corrected chi connectivity index (χ0v) is 14.0. The van der Waals surface area contributed by atoms with E-state index in [0.717, 1.165) is 0 Å². The highest BCUT2D eigenvalue weighted by Gasteiger charge is 2.19. The summed E-state index contributed by atoms with van der Waals surface area (Å²) >= 11 is 0. The molecular formula is C20H28. The summed E-state index contributed by atoms with van der Waals surface area (Å²) in [6, 6.07) is 11.6. The van der Waals surface area contributed by atoms with Gasteiger partial charge in [-0.25, -0.2) is 0 Å². The van der Waals surface area contributed by atoms with Crippen molar-refractivity contribution in [1.82, 2.24) is 0 Å². The summed E-state index contributed by atoms with van der Waals surface area (Å²) in [6.07, 6.45) is 0. The standard InChI is InChI=1S/C20H28/c1-13(2)16-11-15-9-8-10-19(20(5,6)7)18(15)12-17(16)14(3)4/h8-14H,1-7H3. The van der Waals surface area contributed by atoms with Gasteiger partial charge in [0.2, 0.25) is 0 Å². The molecule has 0 atom stereocenters. The molecule has 0 spiro atoms. The molecule has 0 aromatic heterocycles. The first-order valence-electron chi connectivity index (χ1n) is 7.79. The molecule has 2 aromatic rings. The molecule has 0 unspecified atom stereocenters. The number of rotatable bonds is 2. The molecule has 0 bridgehead atoms. The summed E-state index contributed by atoms with van der Waals surface area (Å²) in [4.78, 5) is 0. The van der Waals surface area contributed by atoms with Crippen molar-refractivity contribution in [2.45, 2.75) is 65.7 Å². The van der Waals surface area contributed by atoms with Gasteiger partial charge in [-0.15, -0.1) is 0 Å². The van der Waals surface area contributed by atoms with Crippen molar-refractivity contribution in [2.75, 3.05) is 0 Å². The molecule has 0 radical (unpaired) electrons. The molecule has 0 aliphatic carbocycles. The van der Waals surface area contributed by atoms with Gasteiger partial charge in [0.1, 0.15) is 0 Å². The smallest absolute Gasteiger partial charge is 0.0126 e. The maximum Gasteiger partial charge on any atom is -0.0126 e. The van der Waals surface area contributed by atoms with E-state index in [4.69, 9.17) is 0 Å². The van der Waals surface area contributed by atoms with Crippen molar-refractivity contribution >= 4 is 10.8 Å². The average Bonchev–Trinajstić information content (AvgIpc) is 2.34. The lowest BCUT2D eigenvalue weighted by Crippen LogP contribution is -2.12. The van der Waals surface area contributed by atoms with E-state index >= 15 is 0 Å². The lowest BCUT2D eigenvalue weighted by molar-refractivity contribution is 0.596. The second-order valence-corrected chi connectivity index (χ2v) is 7.57. The molecule has 0 saturated heterocycles. The SMILES string of the molecule is CC(C)c1cc2cccc(C(C)(C)C)c2cc1C(C)C. The van der Waals surface area contributed by atoms with Crippen LogP contribution in [0.1, 0.15) is 77.0 Å². The van der Waals surface area contributed by atoms with Crippen LogP contribution in [0.2, 0.25) is 0 Å². The summed E-state index contributed by atoms with van der Waals surface area (Å²) in [5, 5.41) is 2.80. The molecule has 0 saturated carbocycles. The van der Waals surface area contributed by atoms with Gasteiger partial charge in [0.15, 0.2) is 0 Å². The Morgan fingerprint density at radius 1 is 0.800 bits per heavy atom. The molecule has 108 valence electrons. The van der Waals surface area contributed by atoms with Crippen molar-refractivity contribution in [1.29, 1.82) is 0 Å². The third-order valence-electron chi connectivity index (χ3n) is 4.14. The topological polar surface area (TPSA) is 0 Å². The second kappa shape index (κ2) is 5.24. The predicted molar refractivity (Wildman–Crippen MR) is 90.8 cm³/mol.